The van der Waals surface area contributed by atoms with Gasteiger partial charge < -0.3 is 19.0 Å². The molecule has 0 fully saturated rings. The molecule has 2 aromatic heterocycles. The molecule has 2 aromatic rings. The number of hydrogen-bond acceptors (Lipinski definition) is 6. The second-order valence-corrected chi connectivity index (χ2v) is 4.79. The number of esters is 1. The predicted molar refractivity (Wildman–Crippen MR) is 82.8 cm³/mol. The number of aromatic nitrogens is 1. The van der Waals surface area contributed by atoms with Gasteiger partial charge in [0.25, 0.3) is 0 Å². The van der Waals surface area contributed by atoms with Crippen LogP contribution in [0.15, 0.2) is 28.0 Å². The number of nitrogens with one attached hydrogen (secondary N) is 1. The molecule has 0 aliphatic heterocycles. The van der Waals surface area contributed by atoms with E-state index in [0.717, 1.165) is 0 Å². The first kappa shape index (κ1) is 16.5. The van der Waals surface area contributed by atoms with Crippen LogP contribution >= 0.6 is 0 Å². The van der Waals surface area contributed by atoms with Crippen LogP contribution in [-0.2, 0) is 9.57 Å². The molecule has 0 amide bonds. The summed E-state index contributed by atoms with van der Waals surface area (Å²) in [6.07, 6.45) is 2.86. The van der Waals surface area contributed by atoms with E-state index in [1.54, 1.807) is 32.9 Å². The van der Waals surface area contributed by atoms with Crippen LogP contribution < -0.4 is 0 Å². The van der Waals surface area contributed by atoms with E-state index in [1.807, 2.05) is 0 Å². The molecule has 0 saturated heterocycles. The maximum absolute atomic E-state index is 12.3. The lowest BCUT2D eigenvalue weighted by Gasteiger charge is -2.05. The molecule has 23 heavy (non-hydrogen) atoms. The number of nitrogens with zero attached hydrogens (tertiary/aromatic N) is 1. The number of H-pyrrole nitrogens is 1. The number of ether oxygens (including phenoxy) is 1. The van der Waals surface area contributed by atoms with Gasteiger partial charge in [-0.2, -0.15) is 0 Å². The molecule has 0 aromatic carbocycles. The van der Waals surface area contributed by atoms with Gasteiger partial charge in [-0.25, -0.2) is 4.79 Å². The van der Waals surface area contributed by atoms with Crippen LogP contribution in [0, 0.1) is 13.8 Å². The van der Waals surface area contributed by atoms with Crippen LogP contribution in [0.1, 0.15) is 44.8 Å². The van der Waals surface area contributed by atoms with Crippen molar-refractivity contribution in [2.45, 2.75) is 20.8 Å². The number of rotatable bonds is 7. The first-order valence-electron chi connectivity index (χ1n) is 7.12. The zero-order valence-corrected chi connectivity index (χ0v) is 13.2. The summed E-state index contributed by atoms with van der Waals surface area (Å²) in [6.45, 7) is 5.09. The highest BCUT2D eigenvalue weighted by atomic mass is 16.6. The first-order chi connectivity index (χ1) is 11.0. The SMILES string of the molecule is CCOC(=O)c1c(C)[nH]c(C)c1C(=O)CO/N=C\c1ccco1. The lowest BCUT2D eigenvalue weighted by atomic mass is 10.1. The molecule has 0 bridgehead atoms. The summed E-state index contributed by atoms with van der Waals surface area (Å²) < 4.78 is 10.0. The van der Waals surface area contributed by atoms with Crippen molar-refractivity contribution < 1.29 is 23.6 Å². The van der Waals surface area contributed by atoms with Gasteiger partial charge in [-0.3, -0.25) is 4.79 Å². The Labute approximate surface area is 133 Å². The molecular formula is C16H18N2O5. The molecule has 0 atom stereocenters. The van der Waals surface area contributed by atoms with Crippen LogP contribution in [-0.4, -0.2) is 36.2 Å². The first-order valence-corrected chi connectivity index (χ1v) is 7.12. The average Bonchev–Trinajstić information content (AvgIpc) is 3.11. The highest BCUT2D eigenvalue weighted by Gasteiger charge is 2.25. The minimum absolute atomic E-state index is 0.236. The number of hydrogen-bond donors (Lipinski definition) is 1. The highest BCUT2D eigenvalue weighted by molar-refractivity contribution is 6.08. The molecule has 0 aliphatic carbocycles. The number of ketones is 1. The van der Waals surface area contributed by atoms with E-state index in [2.05, 4.69) is 10.1 Å². The Balaban J connectivity index is 2.08. The van der Waals surface area contributed by atoms with E-state index in [-0.39, 0.29) is 30.1 Å². The highest BCUT2D eigenvalue weighted by Crippen LogP contribution is 2.20. The van der Waals surface area contributed by atoms with Crippen molar-refractivity contribution >= 4 is 18.0 Å². The normalized spacial score (nSPS) is 10.9. The van der Waals surface area contributed by atoms with E-state index in [0.29, 0.717) is 17.1 Å². The molecule has 1 N–H and O–H groups in total. The van der Waals surface area contributed by atoms with Crippen molar-refractivity contribution in [3.05, 3.63) is 46.7 Å². The third-order valence-electron chi connectivity index (χ3n) is 3.13. The number of Topliss-reactive ketones (excluding diaryl/α,β-unsaturated/α-hetero) is 1. The fourth-order valence-corrected chi connectivity index (χ4v) is 2.21. The van der Waals surface area contributed by atoms with Gasteiger partial charge in [0, 0.05) is 11.4 Å². The van der Waals surface area contributed by atoms with Crippen LogP contribution in [0.5, 0.6) is 0 Å². The topological polar surface area (TPSA) is 93.9 Å². The van der Waals surface area contributed by atoms with Crippen LogP contribution in [0.4, 0.5) is 0 Å². The molecule has 0 spiro atoms. The second kappa shape index (κ2) is 7.44. The monoisotopic (exact) mass is 318 g/mol. The average molecular weight is 318 g/mol. The molecule has 0 unspecified atom stereocenters. The van der Waals surface area contributed by atoms with Crippen molar-refractivity contribution in [2.75, 3.05) is 13.2 Å². The number of furan rings is 1. The molecule has 0 aliphatic rings. The Bertz CT molecular complexity index is 713. The number of carbonyl (C=O) groups is 2. The summed E-state index contributed by atoms with van der Waals surface area (Å²) in [5, 5.41) is 3.66. The Hall–Kier alpha value is -2.83. The number of aryl methyl sites for hydroxylation is 2. The molecular weight excluding hydrogens is 300 g/mol. The van der Waals surface area contributed by atoms with Gasteiger partial charge in [0.05, 0.1) is 24.0 Å². The van der Waals surface area contributed by atoms with Gasteiger partial charge in [0.2, 0.25) is 5.78 Å². The predicted octanol–water partition coefficient (Wildman–Crippen LogP) is 2.63. The van der Waals surface area contributed by atoms with Gasteiger partial charge in [0.15, 0.2) is 6.61 Å². The Morgan fingerprint density at radius 3 is 2.70 bits per heavy atom. The standard InChI is InChI=1S/C16H18N2O5/c1-4-21-16(20)15-11(3)18-10(2)14(15)13(19)9-23-17-8-12-6-5-7-22-12/h5-8,18H,4,9H2,1-3H3/b17-8-. The van der Waals surface area contributed by atoms with Crippen LogP contribution in [0.2, 0.25) is 0 Å². The van der Waals surface area contributed by atoms with E-state index in [9.17, 15) is 9.59 Å². The summed E-state index contributed by atoms with van der Waals surface area (Å²) in [5.74, 6) is -0.374. The molecule has 2 heterocycles. The Kier molecular flexibility index (Phi) is 5.35. The van der Waals surface area contributed by atoms with Crippen molar-refractivity contribution in [1.29, 1.82) is 0 Å². The third-order valence-corrected chi connectivity index (χ3v) is 3.13. The van der Waals surface area contributed by atoms with Gasteiger partial charge >= 0.3 is 5.97 Å². The van der Waals surface area contributed by atoms with Crippen molar-refractivity contribution in [3.8, 4) is 0 Å². The summed E-state index contributed by atoms with van der Waals surface area (Å²) in [7, 11) is 0. The van der Waals surface area contributed by atoms with Crippen LogP contribution in [0.3, 0.4) is 0 Å². The third kappa shape index (κ3) is 3.88. The number of aromatic amines is 1. The van der Waals surface area contributed by atoms with E-state index < -0.39 is 5.97 Å². The Morgan fingerprint density at radius 1 is 1.30 bits per heavy atom. The largest absolute Gasteiger partial charge is 0.463 e. The molecule has 2 rings (SSSR count). The van der Waals surface area contributed by atoms with E-state index in [4.69, 9.17) is 14.0 Å². The summed E-state index contributed by atoms with van der Waals surface area (Å²) in [4.78, 5) is 32.3. The fourth-order valence-electron chi connectivity index (χ4n) is 2.21. The minimum atomic E-state index is -0.531. The van der Waals surface area contributed by atoms with Gasteiger partial charge in [-0.05, 0) is 32.9 Å². The summed E-state index contributed by atoms with van der Waals surface area (Å²) in [6, 6.07) is 3.41. The zero-order chi connectivity index (χ0) is 16.8. The lowest BCUT2D eigenvalue weighted by molar-refractivity contribution is 0.0520. The van der Waals surface area contributed by atoms with Gasteiger partial charge in [0.1, 0.15) is 12.0 Å². The maximum Gasteiger partial charge on any atom is 0.340 e. The number of carbonyl (C=O) groups excluding carboxylic acids is 2. The summed E-state index contributed by atoms with van der Waals surface area (Å²) >= 11 is 0. The van der Waals surface area contributed by atoms with Gasteiger partial charge in [-0.1, -0.05) is 5.16 Å². The van der Waals surface area contributed by atoms with Crippen molar-refractivity contribution in [3.63, 3.8) is 0 Å². The maximum atomic E-state index is 12.3. The molecule has 7 nitrogen and oxygen atoms in total. The molecule has 0 radical (unpaired) electrons. The van der Waals surface area contributed by atoms with Gasteiger partial charge in [-0.15, -0.1) is 0 Å². The van der Waals surface area contributed by atoms with E-state index >= 15 is 0 Å². The fraction of sp³-hybridized carbons (Fsp3) is 0.312. The second-order valence-electron chi connectivity index (χ2n) is 4.79. The molecule has 0 saturated carbocycles. The van der Waals surface area contributed by atoms with Crippen LogP contribution in [0.25, 0.3) is 0 Å². The number of oxime groups is 1. The molecule has 122 valence electrons. The smallest absolute Gasteiger partial charge is 0.340 e. The van der Waals surface area contributed by atoms with Crippen molar-refractivity contribution in [1.82, 2.24) is 4.98 Å². The van der Waals surface area contributed by atoms with E-state index in [1.165, 1.54) is 12.5 Å². The quantitative estimate of drug-likeness (QED) is 0.366. The summed E-state index contributed by atoms with van der Waals surface area (Å²) in [5.41, 5.74) is 1.69. The molecule has 7 heteroatoms. The Morgan fingerprint density at radius 2 is 2.04 bits per heavy atom. The van der Waals surface area contributed by atoms with Crippen molar-refractivity contribution in [2.24, 2.45) is 5.16 Å². The lowest BCUT2D eigenvalue weighted by Crippen LogP contribution is -2.15. The minimum Gasteiger partial charge on any atom is -0.463 e. The zero-order valence-electron chi connectivity index (χ0n) is 13.2.